The molecule has 0 amide bonds. The van der Waals surface area contributed by atoms with Gasteiger partial charge in [0.2, 0.25) is 0 Å². The molecule has 4 heteroatoms. The lowest BCUT2D eigenvalue weighted by Gasteiger charge is -2.12. The van der Waals surface area contributed by atoms with Crippen molar-refractivity contribution in [1.29, 1.82) is 0 Å². The number of carbonyl (C=O) groups is 1. The summed E-state index contributed by atoms with van der Waals surface area (Å²) in [6.07, 6.45) is 2.12. The maximum absolute atomic E-state index is 10.3. The van der Waals surface area contributed by atoms with Gasteiger partial charge in [-0.15, -0.1) is 0 Å². The Hall–Kier alpha value is -0.610. The largest absolute Gasteiger partial charge is 0.480 e. The van der Waals surface area contributed by atoms with Gasteiger partial charge in [-0.3, -0.25) is 4.79 Å². The Morgan fingerprint density at radius 3 is 2.58 bits per heavy atom. The van der Waals surface area contributed by atoms with E-state index >= 15 is 0 Å². The van der Waals surface area contributed by atoms with Crippen LogP contribution in [0.5, 0.6) is 0 Å². The molecule has 0 radical (unpaired) electrons. The van der Waals surface area contributed by atoms with E-state index in [0.717, 1.165) is 12.8 Å². The normalized spacial score (nSPS) is 15.6. The van der Waals surface area contributed by atoms with Gasteiger partial charge in [0.05, 0.1) is 6.10 Å². The fourth-order valence-corrected chi connectivity index (χ4v) is 0.952. The summed E-state index contributed by atoms with van der Waals surface area (Å²) >= 11 is 0. The third-order valence-electron chi connectivity index (χ3n) is 1.73. The average molecular weight is 175 g/mol. The number of rotatable bonds is 6. The highest BCUT2D eigenvalue weighted by atomic mass is 16.4. The van der Waals surface area contributed by atoms with Crippen LogP contribution in [-0.2, 0) is 4.79 Å². The van der Waals surface area contributed by atoms with Gasteiger partial charge in [-0.25, -0.2) is 0 Å². The molecule has 0 heterocycles. The van der Waals surface area contributed by atoms with Crippen LogP contribution in [0.1, 0.15) is 32.6 Å². The topological polar surface area (TPSA) is 83.5 Å². The first-order valence-corrected chi connectivity index (χ1v) is 4.24. The Bertz CT molecular complexity index is 138. The van der Waals surface area contributed by atoms with Crippen molar-refractivity contribution in [2.24, 2.45) is 5.73 Å². The molecule has 0 saturated carbocycles. The highest BCUT2D eigenvalue weighted by Crippen LogP contribution is 2.05. The minimum atomic E-state index is -1.05. The van der Waals surface area contributed by atoms with Crippen LogP contribution in [-0.4, -0.2) is 28.3 Å². The monoisotopic (exact) mass is 175 g/mol. The predicted octanol–water partition coefficient (Wildman–Crippen LogP) is 0.339. The summed E-state index contributed by atoms with van der Waals surface area (Å²) in [5, 5.41) is 17.7. The molecule has 0 bridgehead atoms. The first kappa shape index (κ1) is 11.4. The molecule has 0 aliphatic heterocycles. The number of hydrogen-bond donors (Lipinski definition) is 3. The molecule has 0 aromatic rings. The number of aliphatic carboxylic acids is 1. The van der Waals surface area contributed by atoms with Gasteiger partial charge in [0.25, 0.3) is 0 Å². The third-order valence-corrected chi connectivity index (χ3v) is 1.73. The van der Waals surface area contributed by atoms with Gasteiger partial charge >= 0.3 is 5.97 Å². The van der Waals surface area contributed by atoms with Crippen LogP contribution in [0.4, 0.5) is 0 Å². The molecule has 0 spiro atoms. The summed E-state index contributed by atoms with van der Waals surface area (Å²) < 4.78 is 0. The predicted molar refractivity (Wildman–Crippen MR) is 45.8 cm³/mol. The van der Waals surface area contributed by atoms with Gasteiger partial charge in [-0.1, -0.05) is 19.8 Å². The van der Waals surface area contributed by atoms with E-state index in [9.17, 15) is 9.90 Å². The summed E-state index contributed by atoms with van der Waals surface area (Å²) in [4.78, 5) is 10.3. The van der Waals surface area contributed by atoms with Gasteiger partial charge < -0.3 is 15.9 Å². The van der Waals surface area contributed by atoms with E-state index in [1.807, 2.05) is 6.92 Å². The molecular weight excluding hydrogens is 158 g/mol. The van der Waals surface area contributed by atoms with Crippen LogP contribution in [0.25, 0.3) is 0 Å². The van der Waals surface area contributed by atoms with E-state index in [4.69, 9.17) is 10.8 Å². The van der Waals surface area contributed by atoms with Crippen LogP contribution in [0.15, 0.2) is 0 Å². The minimum absolute atomic E-state index is 0.148. The molecule has 0 aliphatic carbocycles. The molecule has 72 valence electrons. The average Bonchev–Trinajstić information content (AvgIpc) is 2.00. The van der Waals surface area contributed by atoms with Crippen molar-refractivity contribution in [3.63, 3.8) is 0 Å². The fraction of sp³-hybridized carbons (Fsp3) is 0.875. The molecule has 2 atom stereocenters. The number of nitrogens with two attached hydrogens (primary N) is 1. The standard InChI is InChI=1S/C8H17NO3/c1-2-3-4-6(10)5-7(9)8(11)12/h6-7,10H,2-5,9H2,1H3,(H,11,12)/t6-,7?/m1/s1. The van der Waals surface area contributed by atoms with E-state index in [-0.39, 0.29) is 6.42 Å². The van der Waals surface area contributed by atoms with Crippen molar-refractivity contribution in [1.82, 2.24) is 0 Å². The van der Waals surface area contributed by atoms with E-state index in [1.54, 1.807) is 0 Å². The molecule has 0 aliphatic rings. The zero-order valence-corrected chi connectivity index (χ0v) is 7.36. The summed E-state index contributed by atoms with van der Waals surface area (Å²) in [5.41, 5.74) is 5.23. The van der Waals surface area contributed by atoms with Crippen LogP contribution >= 0.6 is 0 Å². The first-order chi connectivity index (χ1) is 5.57. The minimum Gasteiger partial charge on any atom is -0.480 e. The number of carboxylic acid groups (broad SMARTS) is 1. The first-order valence-electron chi connectivity index (χ1n) is 4.24. The third kappa shape index (κ3) is 5.09. The highest BCUT2D eigenvalue weighted by molar-refractivity contribution is 5.73. The molecule has 4 N–H and O–H groups in total. The van der Waals surface area contributed by atoms with Crippen LogP contribution in [0.3, 0.4) is 0 Å². The molecule has 0 rings (SSSR count). The van der Waals surface area contributed by atoms with E-state index in [2.05, 4.69) is 0 Å². The number of unbranched alkanes of at least 4 members (excludes halogenated alkanes) is 1. The van der Waals surface area contributed by atoms with Crippen molar-refractivity contribution in [2.75, 3.05) is 0 Å². The Balaban J connectivity index is 3.53. The molecule has 0 aromatic heterocycles. The molecule has 0 aromatic carbocycles. The van der Waals surface area contributed by atoms with Gasteiger partial charge in [0, 0.05) is 0 Å². The van der Waals surface area contributed by atoms with Gasteiger partial charge in [-0.2, -0.15) is 0 Å². The number of aliphatic hydroxyl groups is 1. The molecule has 12 heavy (non-hydrogen) atoms. The van der Waals surface area contributed by atoms with Crippen molar-refractivity contribution in [2.45, 2.75) is 44.8 Å². The van der Waals surface area contributed by atoms with Gasteiger partial charge in [0.1, 0.15) is 6.04 Å². The lowest BCUT2D eigenvalue weighted by atomic mass is 10.1. The molecule has 0 fully saturated rings. The number of carboxylic acids is 1. The summed E-state index contributed by atoms with van der Waals surface area (Å²) in [6, 6.07) is -0.933. The lowest BCUT2D eigenvalue weighted by molar-refractivity contribution is -0.139. The molecular formula is C8H17NO3. The summed E-state index contributed by atoms with van der Waals surface area (Å²) in [6.45, 7) is 2.02. The molecule has 1 unspecified atom stereocenters. The second kappa shape index (κ2) is 5.97. The second-order valence-electron chi connectivity index (χ2n) is 2.98. The van der Waals surface area contributed by atoms with Crippen molar-refractivity contribution in [3.8, 4) is 0 Å². The summed E-state index contributed by atoms with van der Waals surface area (Å²) in [7, 11) is 0. The zero-order valence-electron chi connectivity index (χ0n) is 7.36. The van der Waals surface area contributed by atoms with Crippen LogP contribution < -0.4 is 5.73 Å². The maximum Gasteiger partial charge on any atom is 0.320 e. The van der Waals surface area contributed by atoms with E-state index in [0.29, 0.717) is 6.42 Å². The van der Waals surface area contributed by atoms with E-state index in [1.165, 1.54) is 0 Å². The van der Waals surface area contributed by atoms with Crippen molar-refractivity contribution in [3.05, 3.63) is 0 Å². The lowest BCUT2D eigenvalue weighted by Crippen LogP contribution is -2.33. The quantitative estimate of drug-likeness (QED) is 0.543. The number of hydrogen-bond acceptors (Lipinski definition) is 3. The Morgan fingerprint density at radius 2 is 2.17 bits per heavy atom. The fourth-order valence-electron chi connectivity index (χ4n) is 0.952. The van der Waals surface area contributed by atoms with Gasteiger partial charge in [-0.05, 0) is 12.8 Å². The van der Waals surface area contributed by atoms with Crippen LogP contribution in [0.2, 0.25) is 0 Å². The Labute approximate surface area is 72.4 Å². The van der Waals surface area contributed by atoms with Crippen molar-refractivity contribution >= 4 is 5.97 Å². The van der Waals surface area contributed by atoms with E-state index < -0.39 is 18.1 Å². The molecule has 0 saturated heterocycles. The maximum atomic E-state index is 10.3. The Kier molecular flexibility index (Phi) is 5.66. The van der Waals surface area contributed by atoms with Crippen molar-refractivity contribution < 1.29 is 15.0 Å². The SMILES string of the molecule is CCCC[C@@H](O)CC(N)C(=O)O. The van der Waals surface area contributed by atoms with Gasteiger partial charge in [0.15, 0.2) is 0 Å². The molecule has 4 nitrogen and oxygen atoms in total. The smallest absolute Gasteiger partial charge is 0.320 e. The van der Waals surface area contributed by atoms with Crippen LogP contribution in [0, 0.1) is 0 Å². The number of aliphatic hydroxyl groups excluding tert-OH is 1. The summed E-state index contributed by atoms with van der Waals surface area (Å²) in [5.74, 6) is -1.05. The second-order valence-corrected chi connectivity index (χ2v) is 2.98. The zero-order chi connectivity index (χ0) is 9.56. The highest BCUT2D eigenvalue weighted by Gasteiger charge is 2.15. The Morgan fingerprint density at radius 1 is 1.58 bits per heavy atom.